The highest BCUT2D eigenvalue weighted by molar-refractivity contribution is 6.42. The van der Waals surface area contributed by atoms with Crippen molar-refractivity contribution in [1.29, 1.82) is 0 Å². The Bertz CT molecular complexity index is 889. The van der Waals surface area contributed by atoms with Crippen molar-refractivity contribution in [3.8, 4) is 11.5 Å². The summed E-state index contributed by atoms with van der Waals surface area (Å²) in [5.41, 5.74) is 0.842. The largest absolute Gasteiger partial charge is 0.496 e. The summed E-state index contributed by atoms with van der Waals surface area (Å²) in [5.74, 6) is -0.209. The Labute approximate surface area is 170 Å². The second-order valence-electron chi connectivity index (χ2n) is 5.50. The van der Waals surface area contributed by atoms with Gasteiger partial charge in [-0.25, -0.2) is 0 Å². The number of hydrogen-bond acceptors (Lipinski definition) is 5. The van der Waals surface area contributed by atoms with Gasteiger partial charge >= 0.3 is 0 Å². The Balaban J connectivity index is 2.18. The molecule has 2 rings (SSSR count). The number of nitrogens with zero attached hydrogens (tertiary/aromatic N) is 1. The summed E-state index contributed by atoms with van der Waals surface area (Å²) in [7, 11) is 1.38. The molecule has 0 bridgehead atoms. The van der Waals surface area contributed by atoms with Gasteiger partial charge in [-0.05, 0) is 37.1 Å². The fourth-order valence-electron chi connectivity index (χ4n) is 2.26. The first-order chi connectivity index (χ1) is 12.7. The van der Waals surface area contributed by atoms with E-state index >= 15 is 0 Å². The molecule has 0 radical (unpaired) electrons. The highest BCUT2D eigenvalue weighted by Gasteiger charge is 2.20. The number of nitro groups is 1. The van der Waals surface area contributed by atoms with Gasteiger partial charge in [0, 0.05) is 5.02 Å². The van der Waals surface area contributed by atoms with Crippen LogP contribution in [0, 0.1) is 24.0 Å². The molecule has 0 aliphatic heterocycles. The maximum atomic E-state index is 12.2. The highest BCUT2D eigenvalue weighted by Crippen LogP contribution is 2.42. The third-order valence-corrected chi connectivity index (χ3v) is 5.22. The molecule has 0 aromatic heterocycles. The van der Waals surface area contributed by atoms with Crippen molar-refractivity contribution in [2.75, 3.05) is 19.0 Å². The number of anilines is 1. The summed E-state index contributed by atoms with van der Waals surface area (Å²) in [4.78, 5) is 22.7. The van der Waals surface area contributed by atoms with Crippen LogP contribution in [0.3, 0.4) is 0 Å². The van der Waals surface area contributed by atoms with Crippen LogP contribution in [0.2, 0.25) is 15.1 Å². The van der Waals surface area contributed by atoms with E-state index in [0.29, 0.717) is 21.9 Å². The van der Waals surface area contributed by atoms with E-state index in [4.69, 9.17) is 44.3 Å². The number of methoxy groups -OCH3 is 1. The predicted molar refractivity (Wildman–Crippen MR) is 105 cm³/mol. The van der Waals surface area contributed by atoms with Crippen LogP contribution in [-0.4, -0.2) is 24.5 Å². The van der Waals surface area contributed by atoms with E-state index in [1.165, 1.54) is 25.3 Å². The predicted octanol–water partition coefficient (Wildman–Crippen LogP) is 5.20. The molecule has 1 N–H and O–H groups in total. The number of benzene rings is 2. The summed E-state index contributed by atoms with van der Waals surface area (Å²) >= 11 is 18.5. The Kier molecular flexibility index (Phi) is 6.75. The summed E-state index contributed by atoms with van der Waals surface area (Å²) < 4.78 is 10.4. The lowest BCUT2D eigenvalue weighted by atomic mass is 10.1. The fraction of sp³-hybridized carbons (Fsp3) is 0.235. The average Bonchev–Trinajstić information content (AvgIpc) is 2.64. The van der Waals surface area contributed by atoms with Gasteiger partial charge in [0.1, 0.15) is 11.4 Å². The van der Waals surface area contributed by atoms with Crippen LogP contribution in [0.5, 0.6) is 11.5 Å². The zero-order chi connectivity index (χ0) is 20.3. The Morgan fingerprint density at radius 3 is 2.26 bits per heavy atom. The standard InChI is InChI=1S/C17H15Cl3N2O5/c1-8-14(18)9(2)16(20)17(15(8)19)27-7-13(23)21-11-5-4-10(26-3)6-12(11)22(24)25/h4-6H,7H2,1-3H3,(H,21,23). The lowest BCUT2D eigenvalue weighted by Gasteiger charge is -2.15. The van der Waals surface area contributed by atoms with Gasteiger partial charge < -0.3 is 14.8 Å². The van der Waals surface area contributed by atoms with Gasteiger partial charge in [0.15, 0.2) is 12.4 Å². The maximum Gasteiger partial charge on any atom is 0.296 e. The normalized spacial score (nSPS) is 10.4. The molecule has 10 heteroatoms. The molecule has 2 aromatic carbocycles. The molecule has 1 amide bonds. The zero-order valence-corrected chi connectivity index (χ0v) is 16.8. The molecule has 0 saturated heterocycles. The topological polar surface area (TPSA) is 90.7 Å². The monoisotopic (exact) mass is 432 g/mol. The van der Waals surface area contributed by atoms with Gasteiger partial charge in [0.05, 0.1) is 28.1 Å². The average molecular weight is 434 g/mol. The molecular formula is C17H15Cl3N2O5. The summed E-state index contributed by atoms with van der Waals surface area (Å²) in [5, 5.41) is 14.4. The second kappa shape index (κ2) is 8.65. The Morgan fingerprint density at radius 2 is 1.74 bits per heavy atom. The highest BCUT2D eigenvalue weighted by atomic mass is 35.5. The summed E-state index contributed by atoms with van der Waals surface area (Å²) in [6.45, 7) is 2.94. The Hall–Kier alpha value is -2.22. The molecule has 27 heavy (non-hydrogen) atoms. The van der Waals surface area contributed by atoms with E-state index in [9.17, 15) is 14.9 Å². The minimum absolute atomic E-state index is 0.00932. The van der Waals surface area contributed by atoms with E-state index in [2.05, 4.69) is 5.32 Å². The van der Waals surface area contributed by atoms with Gasteiger partial charge in [-0.2, -0.15) is 0 Å². The van der Waals surface area contributed by atoms with Crippen molar-refractivity contribution >= 4 is 52.1 Å². The van der Waals surface area contributed by atoms with E-state index < -0.39 is 17.4 Å². The van der Waals surface area contributed by atoms with Crippen LogP contribution >= 0.6 is 34.8 Å². The van der Waals surface area contributed by atoms with Crippen LogP contribution in [0.1, 0.15) is 11.1 Å². The molecule has 0 heterocycles. The number of nitrogens with one attached hydrogen (secondary N) is 1. The second-order valence-corrected chi connectivity index (χ2v) is 6.63. The van der Waals surface area contributed by atoms with Crippen molar-refractivity contribution in [2.45, 2.75) is 13.8 Å². The lowest BCUT2D eigenvalue weighted by Crippen LogP contribution is -2.21. The summed E-state index contributed by atoms with van der Waals surface area (Å²) in [6.07, 6.45) is 0. The van der Waals surface area contributed by atoms with Gasteiger partial charge in [0.25, 0.3) is 11.6 Å². The first-order valence-electron chi connectivity index (χ1n) is 7.56. The SMILES string of the molecule is COc1ccc(NC(=O)COc2c(Cl)c(C)c(Cl)c(C)c2Cl)c([N+](=O)[O-])c1. The van der Waals surface area contributed by atoms with Crippen molar-refractivity contribution in [2.24, 2.45) is 0 Å². The van der Waals surface area contributed by atoms with Crippen molar-refractivity contribution < 1.29 is 19.2 Å². The molecule has 0 fully saturated rings. The molecule has 0 aliphatic rings. The molecule has 0 unspecified atom stereocenters. The fourth-order valence-corrected chi connectivity index (χ4v) is 3.08. The number of rotatable bonds is 6. The molecule has 144 valence electrons. The third kappa shape index (κ3) is 4.55. The Morgan fingerprint density at radius 1 is 1.15 bits per heavy atom. The van der Waals surface area contributed by atoms with Crippen molar-refractivity contribution in [1.82, 2.24) is 0 Å². The number of nitro benzene ring substituents is 1. The number of carbonyl (C=O) groups is 1. The van der Waals surface area contributed by atoms with Crippen molar-refractivity contribution in [3.05, 3.63) is 54.5 Å². The lowest BCUT2D eigenvalue weighted by molar-refractivity contribution is -0.384. The van der Waals surface area contributed by atoms with E-state index in [-0.39, 0.29) is 27.2 Å². The molecule has 0 saturated carbocycles. The first kappa shape index (κ1) is 21.1. The van der Waals surface area contributed by atoms with Crippen molar-refractivity contribution in [3.63, 3.8) is 0 Å². The molecule has 7 nitrogen and oxygen atoms in total. The smallest absolute Gasteiger partial charge is 0.296 e. The molecular weight excluding hydrogens is 419 g/mol. The molecule has 0 aliphatic carbocycles. The zero-order valence-electron chi connectivity index (χ0n) is 14.6. The van der Waals surface area contributed by atoms with Gasteiger partial charge in [0.2, 0.25) is 0 Å². The number of hydrogen-bond donors (Lipinski definition) is 1. The van der Waals surface area contributed by atoms with Crippen LogP contribution in [0.15, 0.2) is 18.2 Å². The first-order valence-corrected chi connectivity index (χ1v) is 8.69. The van der Waals surface area contributed by atoms with Crippen LogP contribution in [-0.2, 0) is 4.79 Å². The maximum absolute atomic E-state index is 12.2. The minimum atomic E-state index is -0.626. The van der Waals surface area contributed by atoms with Crippen LogP contribution < -0.4 is 14.8 Å². The van der Waals surface area contributed by atoms with Gasteiger partial charge in [-0.15, -0.1) is 0 Å². The van der Waals surface area contributed by atoms with E-state index in [0.717, 1.165) is 0 Å². The number of carbonyl (C=O) groups excluding carboxylic acids is 1. The third-order valence-electron chi connectivity index (χ3n) is 3.74. The van der Waals surface area contributed by atoms with E-state index in [1.807, 2.05) is 0 Å². The van der Waals surface area contributed by atoms with E-state index in [1.54, 1.807) is 13.8 Å². The number of halogens is 3. The molecule has 0 spiro atoms. The number of ether oxygens (including phenoxy) is 2. The van der Waals surface area contributed by atoms with Crippen LogP contribution in [0.25, 0.3) is 0 Å². The van der Waals surface area contributed by atoms with Gasteiger partial charge in [-0.1, -0.05) is 34.8 Å². The number of amides is 1. The summed E-state index contributed by atoms with van der Waals surface area (Å²) in [6, 6.07) is 4.06. The quantitative estimate of drug-likeness (QED) is 0.499. The molecule has 2 aromatic rings. The van der Waals surface area contributed by atoms with Crippen LogP contribution in [0.4, 0.5) is 11.4 Å². The molecule has 0 atom stereocenters. The minimum Gasteiger partial charge on any atom is -0.496 e. The van der Waals surface area contributed by atoms with Gasteiger partial charge in [-0.3, -0.25) is 14.9 Å².